The van der Waals surface area contributed by atoms with Crippen LogP contribution in [0.5, 0.6) is 0 Å². The Morgan fingerprint density at radius 1 is 0.304 bits per heavy atom. The molecule has 0 radical (unpaired) electrons. The SMILES string of the molecule is CC/C=C\C/C=C\C/C=C\CCCCCCCC(=O)OC[C@H](COC(=O)CCCCCCCCCCCCCCCCCCCCC)OC(=O)CCCCCCCCC/C=C\CCCCCCCC. The lowest BCUT2D eigenvalue weighted by molar-refractivity contribution is -0.167. The average Bonchev–Trinajstić information content (AvgIpc) is 3.35. The topological polar surface area (TPSA) is 78.9 Å². The molecule has 0 rings (SSSR count). The Labute approximate surface area is 428 Å². The molecule has 0 fully saturated rings. The molecule has 1 atom stereocenters. The molecule has 0 amide bonds. The lowest BCUT2D eigenvalue weighted by atomic mass is 10.0. The van der Waals surface area contributed by atoms with E-state index < -0.39 is 6.10 Å². The van der Waals surface area contributed by atoms with Gasteiger partial charge < -0.3 is 14.2 Å². The Balaban J connectivity index is 4.35. The number of rotatable bonds is 55. The number of ether oxygens (including phenoxy) is 3. The highest BCUT2D eigenvalue weighted by atomic mass is 16.6. The van der Waals surface area contributed by atoms with E-state index in [9.17, 15) is 14.4 Å². The Morgan fingerprint density at radius 3 is 0.899 bits per heavy atom. The molecule has 402 valence electrons. The number of esters is 3. The fraction of sp³-hybridized carbons (Fsp3) is 0.825. The van der Waals surface area contributed by atoms with E-state index in [-0.39, 0.29) is 31.1 Å². The molecule has 0 aliphatic rings. The summed E-state index contributed by atoms with van der Waals surface area (Å²) in [6, 6.07) is 0. The van der Waals surface area contributed by atoms with Gasteiger partial charge in [0.05, 0.1) is 0 Å². The van der Waals surface area contributed by atoms with Crippen molar-refractivity contribution in [2.24, 2.45) is 0 Å². The maximum Gasteiger partial charge on any atom is 0.306 e. The zero-order valence-corrected chi connectivity index (χ0v) is 46.1. The zero-order valence-electron chi connectivity index (χ0n) is 46.1. The van der Waals surface area contributed by atoms with Crippen LogP contribution in [0.1, 0.15) is 316 Å². The summed E-state index contributed by atoms with van der Waals surface area (Å²) in [4.78, 5) is 38.2. The van der Waals surface area contributed by atoms with E-state index in [1.54, 1.807) is 0 Å². The van der Waals surface area contributed by atoms with Gasteiger partial charge in [-0.25, -0.2) is 0 Å². The average molecular weight is 968 g/mol. The van der Waals surface area contributed by atoms with Crippen LogP contribution in [0.25, 0.3) is 0 Å². The Bertz CT molecular complexity index is 1200. The predicted molar refractivity (Wildman–Crippen MR) is 298 cm³/mol. The first-order valence-corrected chi connectivity index (χ1v) is 30.1. The molecule has 0 aliphatic carbocycles. The third-order valence-electron chi connectivity index (χ3n) is 13.3. The molecule has 0 heterocycles. The maximum absolute atomic E-state index is 12.9. The minimum Gasteiger partial charge on any atom is -0.462 e. The molecule has 0 aliphatic heterocycles. The number of hydrogen-bond donors (Lipinski definition) is 0. The molecule has 0 bridgehead atoms. The van der Waals surface area contributed by atoms with E-state index in [0.29, 0.717) is 19.3 Å². The second-order valence-electron chi connectivity index (χ2n) is 20.2. The third-order valence-corrected chi connectivity index (χ3v) is 13.3. The van der Waals surface area contributed by atoms with Crippen LogP contribution in [0.4, 0.5) is 0 Å². The van der Waals surface area contributed by atoms with Crippen LogP contribution in [0.2, 0.25) is 0 Å². The second-order valence-corrected chi connectivity index (χ2v) is 20.2. The summed E-state index contributed by atoms with van der Waals surface area (Å²) >= 11 is 0. The lowest BCUT2D eigenvalue weighted by Crippen LogP contribution is -2.30. The van der Waals surface area contributed by atoms with Crippen molar-refractivity contribution in [2.75, 3.05) is 13.2 Å². The maximum atomic E-state index is 12.9. The Kier molecular flexibility index (Phi) is 55.7. The van der Waals surface area contributed by atoms with Gasteiger partial charge in [-0.15, -0.1) is 0 Å². The predicted octanol–water partition coefficient (Wildman–Crippen LogP) is 20.2. The number of carbonyl (C=O) groups excluding carboxylic acids is 3. The molecule has 0 spiro atoms. The van der Waals surface area contributed by atoms with Crippen LogP contribution >= 0.6 is 0 Å². The first-order chi connectivity index (χ1) is 34.0. The van der Waals surface area contributed by atoms with Crippen molar-refractivity contribution < 1.29 is 28.6 Å². The molecule has 0 unspecified atom stereocenters. The van der Waals surface area contributed by atoms with Gasteiger partial charge in [0.2, 0.25) is 0 Å². The third kappa shape index (κ3) is 56.2. The van der Waals surface area contributed by atoms with E-state index >= 15 is 0 Å². The Morgan fingerprint density at radius 2 is 0.565 bits per heavy atom. The summed E-state index contributed by atoms with van der Waals surface area (Å²) in [7, 11) is 0. The molecule has 0 aromatic rings. The summed E-state index contributed by atoms with van der Waals surface area (Å²) < 4.78 is 16.9. The first kappa shape index (κ1) is 66.4. The van der Waals surface area contributed by atoms with Crippen molar-refractivity contribution in [1.82, 2.24) is 0 Å². The van der Waals surface area contributed by atoms with E-state index in [2.05, 4.69) is 69.4 Å². The molecular formula is C63H114O6. The molecule has 0 saturated carbocycles. The summed E-state index contributed by atoms with van der Waals surface area (Å²) in [5.41, 5.74) is 0. The number of allylic oxidation sites excluding steroid dienone is 8. The Hall–Kier alpha value is -2.63. The highest BCUT2D eigenvalue weighted by Crippen LogP contribution is 2.17. The van der Waals surface area contributed by atoms with Gasteiger partial charge in [-0.3, -0.25) is 14.4 Å². The van der Waals surface area contributed by atoms with Crippen molar-refractivity contribution in [3.8, 4) is 0 Å². The standard InChI is InChI=1S/C63H114O6/c1-4-7-10-13-16-19-22-25-28-30-31-33-35-38-41-44-47-50-53-56-62(65)68-59-60(58-67-61(64)55-52-49-46-43-40-37-34-27-24-21-18-15-12-9-6-3)69-63(66)57-54-51-48-45-42-39-36-32-29-26-23-20-17-14-11-8-5-2/h9,12,18,21,26-27,29,34,60H,4-8,10-11,13-17,19-20,22-25,28,30-33,35-59H2,1-3H3/b12-9-,21-18-,29-26-,34-27-/t60-/m1/s1. The number of hydrogen-bond acceptors (Lipinski definition) is 6. The lowest BCUT2D eigenvalue weighted by Gasteiger charge is -2.18. The van der Waals surface area contributed by atoms with E-state index in [1.165, 1.54) is 180 Å². The summed E-state index contributed by atoms with van der Waals surface area (Å²) in [6.45, 7) is 6.55. The summed E-state index contributed by atoms with van der Waals surface area (Å²) in [6.07, 6.45) is 71.1. The molecule has 0 N–H and O–H groups in total. The normalized spacial score (nSPS) is 12.3. The van der Waals surface area contributed by atoms with Gasteiger partial charge in [0.25, 0.3) is 0 Å². The molecule has 6 heteroatoms. The van der Waals surface area contributed by atoms with Crippen LogP contribution in [-0.4, -0.2) is 37.2 Å². The van der Waals surface area contributed by atoms with Gasteiger partial charge >= 0.3 is 17.9 Å². The second kappa shape index (κ2) is 57.9. The van der Waals surface area contributed by atoms with Crippen molar-refractivity contribution in [3.05, 3.63) is 48.6 Å². The zero-order chi connectivity index (χ0) is 50.0. The van der Waals surface area contributed by atoms with Gasteiger partial charge in [0.1, 0.15) is 13.2 Å². The highest BCUT2D eigenvalue weighted by Gasteiger charge is 2.19. The summed E-state index contributed by atoms with van der Waals surface area (Å²) in [5, 5.41) is 0. The van der Waals surface area contributed by atoms with E-state index in [0.717, 1.165) is 96.3 Å². The number of unbranched alkanes of at least 4 members (excludes halogenated alkanes) is 36. The minimum absolute atomic E-state index is 0.0771. The largest absolute Gasteiger partial charge is 0.462 e. The van der Waals surface area contributed by atoms with E-state index in [1.807, 2.05) is 0 Å². The molecular weight excluding hydrogens is 853 g/mol. The van der Waals surface area contributed by atoms with Gasteiger partial charge in [0, 0.05) is 19.3 Å². The first-order valence-electron chi connectivity index (χ1n) is 30.1. The van der Waals surface area contributed by atoms with Gasteiger partial charge in [-0.1, -0.05) is 268 Å². The molecule has 69 heavy (non-hydrogen) atoms. The number of carbonyl (C=O) groups is 3. The van der Waals surface area contributed by atoms with Crippen molar-refractivity contribution in [2.45, 2.75) is 322 Å². The molecule has 0 aromatic heterocycles. The molecule has 6 nitrogen and oxygen atoms in total. The summed E-state index contributed by atoms with van der Waals surface area (Å²) in [5.74, 6) is -0.882. The van der Waals surface area contributed by atoms with Crippen LogP contribution in [-0.2, 0) is 28.6 Å². The van der Waals surface area contributed by atoms with Crippen molar-refractivity contribution in [3.63, 3.8) is 0 Å². The van der Waals surface area contributed by atoms with Crippen LogP contribution in [0.3, 0.4) is 0 Å². The van der Waals surface area contributed by atoms with Crippen molar-refractivity contribution in [1.29, 1.82) is 0 Å². The quantitative estimate of drug-likeness (QED) is 0.0262. The monoisotopic (exact) mass is 967 g/mol. The fourth-order valence-corrected chi connectivity index (χ4v) is 8.81. The van der Waals surface area contributed by atoms with Gasteiger partial charge in [-0.2, -0.15) is 0 Å². The fourth-order valence-electron chi connectivity index (χ4n) is 8.81. The van der Waals surface area contributed by atoms with E-state index in [4.69, 9.17) is 14.2 Å². The van der Waals surface area contributed by atoms with Gasteiger partial charge in [-0.05, 0) is 77.0 Å². The van der Waals surface area contributed by atoms with Crippen LogP contribution in [0, 0.1) is 0 Å². The van der Waals surface area contributed by atoms with Crippen LogP contribution in [0.15, 0.2) is 48.6 Å². The molecule has 0 saturated heterocycles. The molecule has 0 aromatic carbocycles. The van der Waals surface area contributed by atoms with Crippen molar-refractivity contribution >= 4 is 17.9 Å². The minimum atomic E-state index is -0.781. The van der Waals surface area contributed by atoms with Gasteiger partial charge in [0.15, 0.2) is 6.10 Å². The smallest absolute Gasteiger partial charge is 0.306 e. The highest BCUT2D eigenvalue weighted by molar-refractivity contribution is 5.71. The van der Waals surface area contributed by atoms with Crippen LogP contribution < -0.4 is 0 Å².